The van der Waals surface area contributed by atoms with Crippen LogP contribution in [0.2, 0.25) is 0 Å². The average Bonchev–Trinajstić information content (AvgIpc) is 3.17. The van der Waals surface area contributed by atoms with Crippen LogP contribution < -0.4 is 9.64 Å². The van der Waals surface area contributed by atoms with Crippen molar-refractivity contribution < 1.29 is 9.53 Å². The second-order valence-electron chi connectivity index (χ2n) is 6.44. The summed E-state index contributed by atoms with van der Waals surface area (Å²) in [7, 11) is 1.86. The molecule has 4 nitrogen and oxygen atoms in total. The smallest absolute Gasteiger partial charge is 0.253 e. The molecular formula is C21H26N2O2. The van der Waals surface area contributed by atoms with Crippen molar-refractivity contribution in [2.75, 3.05) is 31.6 Å². The summed E-state index contributed by atoms with van der Waals surface area (Å²) in [5.41, 5.74) is 3.14. The fourth-order valence-corrected chi connectivity index (χ4v) is 3.32. The van der Waals surface area contributed by atoms with Gasteiger partial charge in [-0.1, -0.05) is 18.2 Å². The second kappa shape index (κ2) is 8.06. The lowest BCUT2D eigenvalue weighted by Crippen LogP contribution is -2.28. The monoisotopic (exact) mass is 338 g/mol. The number of benzene rings is 2. The molecule has 1 fully saturated rings. The molecule has 3 rings (SSSR count). The van der Waals surface area contributed by atoms with Gasteiger partial charge in [-0.25, -0.2) is 0 Å². The Kier molecular flexibility index (Phi) is 5.59. The van der Waals surface area contributed by atoms with Gasteiger partial charge >= 0.3 is 0 Å². The lowest BCUT2D eigenvalue weighted by atomic mass is 10.1. The molecule has 0 aromatic heterocycles. The zero-order valence-corrected chi connectivity index (χ0v) is 15.1. The van der Waals surface area contributed by atoms with Gasteiger partial charge in [-0.05, 0) is 55.7 Å². The quantitative estimate of drug-likeness (QED) is 0.799. The summed E-state index contributed by atoms with van der Waals surface area (Å²) >= 11 is 0. The number of nitrogens with zero attached hydrogens (tertiary/aromatic N) is 2. The van der Waals surface area contributed by atoms with E-state index in [9.17, 15) is 4.79 Å². The maximum atomic E-state index is 12.7. The summed E-state index contributed by atoms with van der Waals surface area (Å²) in [4.78, 5) is 16.9. The summed E-state index contributed by atoms with van der Waals surface area (Å²) in [6.45, 7) is 5.39. The van der Waals surface area contributed by atoms with Crippen LogP contribution in [-0.2, 0) is 6.54 Å². The highest BCUT2D eigenvalue weighted by Gasteiger charge is 2.18. The van der Waals surface area contributed by atoms with Crippen molar-refractivity contribution in [2.24, 2.45) is 0 Å². The molecule has 0 N–H and O–H groups in total. The molecule has 1 aliphatic heterocycles. The Labute approximate surface area is 150 Å². The van der Waals surface area contributed by atoms with Gasteiger partial charge in [0.25, 0.3) is 5.91 Å². The minimum Gasteiger partial charge on any atom is -0.494 e. The standard InChI is InChI=1S/C21H26N2O2/c1-3-25-19-12-10-17(11-13-19)21(24)22(2)16-18-8-4-5-9-20(18)23-14-6-7-15-23/h4-5,8-13H,3,6-7,14-16H2,1-2H3. The normalized spacial score (nSPS) is 13.8. The van der Waals surface area contributed by atoms with Gasteiger partial charge in [0, 0.05) is 37.9 Å². The van der Waals surface area contributed by atoms with Gasteiger partial charge in [-0.15, -0.1) is 0 Å². The average molecular weight is 338 g/mol. The van der Waals surface area contributed by atoms with Crippen LogP contribution in [0.25, 0.3) is 0 Å². The fourth-order valence-electron chi connectivity index (χ4n) is 3.32. The molecule has 1 saturated heterocycles. The Hall–Kier alpha value is -2.49. The molecule has 0 saturated carbocycles. The van der Waals surface area contributed by atoms with Crippen molar-refractivity contribution in [3.8, 4) is 5.75 Å². The van der Waals surface area contributed by atoms with Crippen LogP contribution in [0.3, 0.4) is 0 Å². The molecule has 1 heterocycles. The molecule has 0 radical (unpaired) electrons. The summed E-state index contributed by atoms with van der Waals surface area (Å²) < 4.78 is 5.44. The molecule has 0 unspecified atom stereocenters. The van der Waals surface area contributed by atoms with Crippen molar-refractivity contribution in [2.45, 2.75) is 26.3 Å². The van der Waals surface area contributed by atoms with Crippen LogP contribution in [0.4, 0.5) is 5.69 Å². The van der Waals surface area contributed by atoms with Gasteiger partial charge in [0.15, 0.2) is 0 Å². The van der Waals surface area contributed by atoms with Crippen molar-refractivity contribution >= 4 is 11.6 Å². The molecule has 2 aromatic rings. The van der Waals surface area contributed by atoms with Gasteiger partial charge in [0.2, 0.25) is 0 Å². The van der Waals surface area contributed by atoms with E-state index in [0.717, 1.165) is 18.8 Å². The maximum absolute atomic E-state index is 12.7. The van der Waals surface area contributed by atoms with Crippen molar-refractivity contribution in [3.05, 3.63) is 59.7 Å². The minimum absolute atomic E-state index is 0.0271. The molecule has 2 aromatic carbocycles. The van der Waals surface area contributed by atoms with Gasteiger partial charge < -0.3 is 14.5 Å². The first kappa shape index (κ1) is 17.3. The number of hydrogen-bond acceptors (Lipinski definition) is 3. The number of para-hydroxylation sites is 1. The molecule has 0 aliphatic carbocycles. The Balaban J connectivity index is 1.71. The molecule has 0 bridgehead atoms. The third kappa shape index (κ3) is 4.13. The van der Waals surface area contributed by atoms with E-state index in [1.54, 1.807) is 4.90 Å². The molecular weight excluding hydrogens is 312 g/mol. The van der Waals surface area contributed by atoms with Gasteiger partial charge in [-0.3, -0.25) is 4.79 Å². The van der Waals surface area contributed by atoms with E-state index in [1.807, 2.05) is 44.3 Å². The molecule has 0 atom stereocenters. The summed E-state index contributed by atoms with van der Waals surface area (Å²) in [5, 5.41) is 0. The number of rotatable bonds is 6. The number of carbonyl (C=O) groups excluding carboxylic acids is 1. The van der Waals surface area contributed by atoms with Crippen molar-refractivity contribution in [3.63, 3.8) is 0 Å². The van der Waals surface area contributed by atoms with E-state index in [0.29, 0.717) is 18.7 Å². The predicted molar refractivity (Wildman–Crippen MR) is 101 cm³/mol. The third-order valence-electron chi connectivity index (χ3n) is 4.60. The molecule has 4 heteroatoms. The van der Waals surface area contributed by atoms with Crippen molar-refractivity contribution in [1.82, 2.24) is 4.90 Å². The van der Waals surface area contributed by atoms with E-state index >= 15 is 0 Å². The molecule has 1 amide bonds. The predicted octanol–water partition coefficient (Wildman–Crippen LogP) is 3.96. The van der Waals surface area contributed by atoms with Crippen LogP contribution >= 0.6 is 0 Å². The van der Waals surface area contributed by atoms with E-state index in [2.05, 4.69) is 23.1 Å². The lowest BCUT2D eigenvalue weighted by Gasteiger charge is -2.24. The minimum atomic E-state index is 0.0271. The van der Waals surface area contributed by atoms with Crippen LogP contribution in [0.15, 0.2) is 48.5 Å². The largest absolute Gasteiger partial charge is 0.494 e. The number of hydrogen-bond donors (Lipinski definition) is 0. The first-order valence-corrected chi connectivity index (χ1v) is 9.00. The van der Waals surface area contributed by atoms with Crippen LogP contribution in [0, 0.1) is 0 Å². The highest BCUT2D eigenvalue weighted by molar-refractivity contribution is 5.94. The second-order valence-corrected chi connectivity index (χ2v) is 6.44. The number of amides is 1. The maximum Gasteiger partial charge on any atom is 0.253 e. The first-order valence-electron chi connectivity index (χ1n) is 9.00. The highest BCUT2D eigenvalue weighted by Crippen LogP contribution is 2.25. The number of anilines is 1. The highest BCUT2D eigenvalue weighted by atomic mass is 16.5. The summed E-state index contributed by atoms with van der Waals surface area (Å²) in [6.07, 6.45) is 2.49. The van der Waals surface area contributed by atoms with Crippen LogP contribution in [-0.4, -0.2) is 37.6 Å². The summed E-state index contributed by atoms with van der Waals surface area (Å²) in [6, 6.07) is 15.8. The number of ether oxygens (including phenoxy) is 1. The molecule has 132 valence electrons. The Morgan fingerprint density at radius 1 is 1.08 bits per heavy atom. The van der Waals surface area contributed by atoms with E-state index in [-0.39, 0.29) is 5.91 Å². The topological polar surface area (TPSA) is 32.8 Å². The van der Waals surface area contributed by atoms with E-state index in [1.165, 1.54) is 24.1 Å². The zero-order valence-electron chi connectivity index (χ0n) is 15.1. The van der Waals surface area contributed by atoms with Gasteiger partial charge in [0.1, 0.15) is 5.75 Å². The fraction of sp³-hybridized carbons (Fsp3) is 0.381. The molecule has 25 heavy (non-hydrogen) atoms. The van der Waals surface area contributed by atoms with Gasteiger partial charge in [0.05, 0.1) is 6.61 Å². The van der Waals surface area contributed by atoms with Crippen LogP contribution in [0.5, 0.6) is 5.75 Å². The SMILES string of the molecule is CCOc1ccc(C(=O)N(C)Cc2ccccc2N2CCCC2)cc1. The molecule has 1 aliphatic rings. The first-order chi connectivity index (χ1) is 12.2. The Bertz CT molecular complexity index is 706. The molecule has 0 spiro atoms. The third-order valence-corrected chi connectivity index (χ3v) is 4.60. The zero-order chi connectivity index (χ0) is 17.6. The van der Waals surface area contributed by atoms with Crippen LogP contribution in [0.1, 0.15) is 35.7 Å². The van der Waals surface area contributed by atoms with Gasteiger partial charge in [-0.2, -0.15) is 0 Å². The summed E-state index contributed by atoms with van der Waals surface area (Å²) in [5.74, 6) is 0.820. The Morgan fingerprint density at radius 2 is 1.76 bits per heavy atom. The number of carbonyl (C=O) groups is 1. The van der Waals surface area contributed by atoms with E-state index in [4.69, 9.17) is 4.74 Å². The Morgan fingerprint density at radius 3 is 2.44 bits per heavy atom. The van der Waals surface area contributed by atoms with Crippen molar-refractivity contribution in [1.29, 1.82) is 0 Å². The lowest BCUT2D eigenvalue weighted by molar-refractivity contribution is 0.0785. The van der Waals surface area contributed by atoms with E-state index < -0.39 is 0 Å².